The summed E-state index contributed by atoms with van der Waals surface area (Å²) < 4.78 is 31.5. The summed E-state index contributed by atoms with van der Waals surface area (Å²) in [5.41, 5.74) is 1.99. The molecule has 3 heterocycles. The number of rotatable bonds is 2. The second-order valence-corrected chi connectivity index (χ2v) is 9.47. The molecular formula is C27H24FNO4. The van der Waals surface area contributed by atoms with Crippen LogP contribution in [0.25, 0.3) is 0 Å². The van der Waals surface area contributed by atoms with Crippen LogP contribution in [0.1, 0.15) is 37.0 Å². The summed E-state index contributed by atoms with van der Waals surface area (Å²) in [6.45, 7) is 5.32. The predicted octanol–water partition coefficient (Wildman–Crippen LogP) is 4.99. The summed E-state index contributed by atoms with van der Waals surface area (Å²) in [5, 5.41) is 0. The molecule has 168 valence electrons. The largest absolute Gasteiger partial charge is 0.487 e. The van der Waals surface area contributed by atoms with E-state index in [2.05, 4.69) is 0 Å². The average molecular weight is 445 g/mol. The van der Waals surface area contributed by atoms with Crippen LogP contribution in [0.5, 0.6) is 17.2 Å². The van der Waals surface area contributed by atoms with Crippen molar-refractivity contribution in [3.63, 3.8) is 0 Å². The van der Waals surface area contributed by atoms with Crippen LogP contribution >= 0.6 is 0 Å². The number of nitrogens with zero attached hydrogens (tertiary/aromatic N) is 1. The van der Waals surface area contributed by atoms with Crippen molar-refractivity contribution in [2.75, 3.05) is 18.1 Å². The number of ether oxygens (including phenoxy) is 3. The lowest BCUT2D eigenvalue weighted by molar-refractivity contribution is -0.124. The average Bonchev–Trinajstić information content (AvgIpc) is 3.02. The maximum Gasteiger partial charge on any atom is 0.242 e. The lowest BCUT2D eigenvalue weighted by Crippen LogP contribution is -2.50. The van der Waals surface area contributed by atoms with E-state index in [4.69, 9.17) is 14.2 Å². The summed E-state index contributed by atoms with van der Waals surface area (Å²) in [7, 11) is 0. The van der Waals surface area contributed by atoms with E-state index in [-0.39, 0.29) is 11.7 Å². The fraction of sp³-hybridized carbons (Fsp3) is 0.296. The molecule has 0 bridgehead atoms. The Labute approximate surface area is 191 Å². The summed E-state index contributed by atoms with van der Waals surface area (Å²) in [6, 6.07) is 18.0. The molecule has 1 spiro atoms. The Kier molecular flexibility index (Phi) is 4.25. The highest BCUT2D eigenvalue weighted by Crippen LogP contribution is 2.57. The number of para-hydroxylation sites is 1. The number of halogens is 1. The molecule has 6 rings (SSSR count). The van der Waals surface area contributed by atoms with Crippen LogP contribution in [-0.2, 0) is 16.8 Å². The molecule has 1 atom stereocenters. The van der Waals surface area contributed by atoms with Gasteiger partial charge in [0.2, 0.25) is 5.91 Å². The number of carbonyl (C=O) groups is 1. The van der Waals surface area contributed by atoms with Gasteiger partial charge in [-0.1, -0.05) is 30.3 Å². The zero-order chi connectivity index (χ0) is 22.8. The molecule has 0 saturated heterocycles. The first-order valence-electron chi connectivity index (χ1n) is 11.2. The molecule has 6 heteroatoms. The number of fused-ring (bicyclic) bond motifs is 5. The normalized spacial score (nSPS) is 22.0. The van der Waals surface area contributed by atoms with E-state index in [9.17, 15) is 9.18 Å². The number of anilines is 1. The summed E-state index contributed by atoms with van der Waals surface area (Å²) >= 11 is 0. The van der Waals surface area contributed by atoms with E-state index in [1.54, 1.807) is 12.1 Å². The van der Waals surface area contributed by atoms with Crippen molar-refractivity contribution in [2.24, 2.45) is 0 Å². The molecule has 5 nitrogen and oxygen atoms in total. The van der Waals surface area contributed by atoms with Gasteiger partial charge in [-0.25, -0.2) is 4.39 Å². The van der Waals surface area contributed by atoms with Gasteiger partial charge in [0.15, 0.2) is 11.5 Å². The summed E-state index contributed by atoms with van der Waals surface area (Å²) in [5.74, 6) is 1.60. The Morgan fingerprint density at radius 3 is 2.36 bits per heavy atom. The molecular weight excluding hydrogens is 421 g/mol. The number of hydrogen-bond donors (Lipinski definition) is 0. The van der Waals surface area contributed by atoms with Gasteiger partial charge in [-0.3, -0.25) is 4.79 Å². The minimum atomic E-state index is -0.913. The van der Waals surface area contributed by atoms with E-state index in [0.29, 0.717) is 43.4 Å². The van der Waals surface area contributed by atoms with Crippen molar-refractivity contribution < 1.29 is 23.4 Å². The Hall–Kier alpha value is -3.54. The van der Waals surface area contributed by atoms with Crippen LogP contribution in [0.4, 0.5) is 10.1 Å². The number of hydrogen-bond acceptors (Lipinski definition) is 4. The summed E-state index contributed by atoms with van der Waals surface area (Å²) in [4.78, 5) is 16.2. The van der Waals surface area contributed by atoms with Gasteiger partial charge in [0, 0.05) is 23.7 Å². The highest BCUT2D eigenvalue weighted by atomic mass is 19.1. The molecule has 0 saturated carbocycles. The van der Waals surface area contributed by atoms with Gasteiger partial charge in [-0.05, 0) is 49.2 Å². The van der Waals surface area contributed by atoms with E-state index in [1.165, 1.54) is 12.1 Å². The van der Waals surface area contributed by atoms with Crippen molar-refractivity contribution in [1.29, 1.82) is 0 Å². The van der Waals surface area contributed by atoms with Crippen molar-refractivity contribution >= 4 is 11.6 Å². The third-order valence-electron chi connectivity index (χ3n) is 6.70. The Bertz CT molecular complexity index is 1270. The zero-order valence-corrected chi connectivity index (χ0v) is 18.6. The number of benzene rings is 3. The predicted molar refractivity (Wildman–Crippen MR) is 122 cm³/mol. The molecule has 0 N–H and O–H groups in total. The number of amides is 1. The van der Waals surface area contributed by atoms with E-state index >= 15 is 0 Å². The molecule has 1 unspecified atom stereocenters. The lowest BCUT2D eigenvalue weighted by atomic mass is 9.67. The Balaban J connectivity index is 1.54. The quantitative estimate of drug-likeness (QED) is 0.558. The highest BCUT2D eigenvalue weighted by Gasteiger charge is 2.58. The van der Waals surface area contributed by atoms with Crippen LogP contribution in [-0.4, -0.2) is 24.7 Å². The molecule has 0 fully saturated rings. The van der Waals surface area contributed by atoms with Gasteiger partial charge >= 0.3 is 0 Å². The highest BCUT2D eigenvalue weighted by molar-refractivity contribution is 6.11. The first kappa shape index (κ1) is 20.1. The second-order valence-electron chi connectivity index (χ2n) is 9.47. The topological polar surface area (TPSA) is 48.0 Å². The fourth-order valence-electron chi connectivity index (χ4n) is 5.44. The molecule has 33 heavy (non-hydrogen) atoms. The van der Waals surface area contributed by atoms with Gasteiger partial charge in [0.25, 0.3) is 0 Å². The SMILES string of the molecule is CC1(C)CC2(C(=O)N(Cc3ccc(F)cc3)c3ccccc32)c2cc3c(cc2O1)OCCO3. The van der Waals surface area contributed by atoms with Crippen molar-refractivity contribution in [1.82, 2.24) is 0 Å². The van der Waals surface area contributed by atoms with Crippen molar-refractivity contribution in [3.8, 4) is 17.2 Å². The first-order chi connectivity index (χ1) is 15.9. The van der Waals surface area contributed by atoms with Gasteiger partial charge in [-0.2, -0.15) is 0 Å². The van der Waals surface area contributed by atoms with E-state index < -0.39 is 11.0 Å². The monoisotopic (exact) mass is 445 g/mol. The van der Waals surface area contributed by atoms with E-state index in [1.807, 2.05) is 55.1 Å². The molecule has 3 aliphatic heterocycles. The number of carbonyl (C=O) groups excluding carboxylic acids is 1. The molecule has 0 aliphatic carbocycles. The molecule has 3 aromatic carbocycles. The summed E-state index contributed by atoms with van der Waals surface area (Å²) in [6.07, 6.45) is 0.489. The van der Waals surface area contributed by atoms with Crippen LogP contribution in [0.3, 0.4) is 0 Å². The van der Waals surface area contributed by atoms with Crippen molar-refractivity contribution in [2.45, 2.75) is 37.8 Å². The molecule has 3 aliphatic rings. The molecule has 0 aromatic heterocycles. The minimum absolute atomic E-state index is 0.0117. The fourth-order valence-corrected chi connectivity index (χ4v) is 5.44. The molecule has 3 aromatic rings. The zero-order valence-electron chi connectivity index (χ0n) is 18.6. The first-order valence-corrected chi connectivity index (χ1v) is 11.2. The second kappa shape index (κ2) is 6.98. The Morgan fingerprint density at radius 2 is 1.61 bits per heavy atom. The molecule has 1 amide bonds. The van der Waals surface area contributed by atoms with Crippen LogP contribution in [0.15, 0.2) is 60.7 Å². The van der Waals surface area contributed by atoms with Crippen LogP contribution < -0.4 is 19.1 Å². The van der Waals surface area contributed by atoms with Gasteiger partial charge in [0.05, 0.1) is 6.54 Å². The maximum absolute atomic E-state index is 14.4. The van der Waals surface area contributed by atoms with Gasteiger partial charge in [-0.15, -0.1) is 0 Å². The maximum atomic E-state index is 14.4. The Morgan fingerprint density at radius 1 is 0.909 bits per heavy atom. The molecule has 0 radical (unpaired) electrons. The lowest BCUT2D eigenvalue weighted by Gasteiger charge is -2.44. The third-order valence-corrected chi connectivity index (χ3v) is 6.70. The van der Waals surface area contributed by atoms with E-state index in [0.717, 1.165) is 22.4 Å². The smallest absolute Gasteiger partial charge is 0.242 e. The minimum Gasteiger partial charge on any atom is -0.487 e. The van der Waals surface area contributed by atoms with Crippen LogP contribution in [0, 0.1) is 5.82 Å². The van der Waals surface area contributed by atoms with Gasteiger partial charge in [0.1, 0.15) is 35.8 Å². The standard InChI is InChI=1S/C27H24FNO4/c1-26(2)16-27(20-13-23-24(14-22(20)33-26)32-12-11-31-23)19-5-3-4-6-21(19)29(25(27)30)15-17-7-9-18(28)10-8-17/h3-10,13-14H,11-12,15-16H2,1-2H3. The third kappa shape index (κ3) is 3.00. The van der Waals surface area contributed by atoms with Gasteiger partial charge < -0.3 is 19.1 Å². The van der Waals surface area contributed by atoms with Crippen molar-refractivity contribution in [3.05, 3.63) is 83.2 Å². The van der Waals surface area contributed by atoms with Crippen LogP contribution in [0.2, 0.25) is 0 Å².